The highest BCUT2D eigenvalue weighted by molar-refractivity contribution is 6.35. The van der Waals surface area contributed by atoms with E-state index in [1.807, 2.05) is 6.07 Å². The summed E-state index contributed by atoms with van der Waals surface area (Å²) in [7, 11) is 0. The fraction of sp³-hybridized carbons (Fsp3) is 0.231. The second-order valence-electron chi connectivity index (χ2n) is 8.57. The second kappa shape index (κ2) is 9.76. The third-order valence-electron chi connectivity index (χ3n) is 6.32. The molecule has 3 heterocycles. The number of H-pyrrole nitrogens is 1. The average molecular weight is 491 g/mol. The Balaban J connectivity index is 1.39. The number of ether oxygens (including phenoxy) is 1. The molecule has 3 N–H and O–H groups in total. The minimum atomic E-state index is -0.734. The first-order chi connectivity index (χ1) is 17.0. The molecule has 1 aliphatic rings. The van der Waals surface area contributed by atoms with Gasteiger partial charge in [-0.1, -0.05) is 11.6 Å². The number of aliphatic carboxylic acids is 1. The lowest BCUT2D eigenvalue weighted by Crippen LogP contribution is -2.29. The Morgan fingerprint density at radius 3 is 2.49 bits per heavy atom. The van der Waals surface area contributed by atoms with Crippen LogP contribution in [0.15, 0.2) is 61.2 Å². The summed E-state index contributed by atoms with van der Waals surface area (Å²) in [5.74, 6) is -0.129. The van der Waals surface area contributed by atoms with Crippen molar-refractivity contribution in [3.63, 3.8) is 0 Å². The van der Waals surface area contributed by atoms with E-state index >= 15 is 0 Å². The van der Waals surface area contributed by atoms with E-state index in [9.17, 15) is 14.7 Å². The number of anilines is 1. The number of nitrogens with zero attached hydrogens (tertiary/aromatic N) is 2. The quantitative estimate of drug-likeness (QED) is 0.285. The van der Waals surface area contributed by atoms with Crippen molar-refractivity contribution in [2.75, 3.05) is 5.32 Å². The van der Waals surface area contributed by atoms with Crippen LogP contribution in [0.25, 0.3) is 11.0 Å². The summed E-state index contributed by atoms with van der Waals surface area (Å²) in [5, 5.41) is 13.7. The van der Waals surface area contributed by atoms with Crippen LogP contribution in [-0.4, -0.2) is 37.9 Å². The molecule has 0 saturated heterocycles. The van der Waals surface area contributed by atoms with Gasteiger partial charge >= 0.3 is 5.97 Å². The first kappa shape index (κ1) is 22.9. The number of carbonyl (C=O) groups excluding carboxylic acids is 1. The van der Waals surface area contributed by atoms with E-state index in [1.54, 1.807) is 55.1 Å². The number of aromatic nitrogens is 3. The second-order valence-corrected chi connectivity index (χ2v) is 8.98. The maximum Gasteiger partial charge on any atom is 0.306 e. The molecule has 0 bridgehead atoms. The number of carbonyl (C=O) groups is 2. The predicted molar refractivity (Wildman–Crippen MR) is 132 cm³/mol. The molecule has 35 heavy (non-hydrogen) atoms. The number of hydrogen-bond acceptors (Lipinski definition) is 6. The zero-order chi connectivity index (χ0) is 24.4. The van der Waals surface area contributed by atoms with Gasteiger partial charge in [-0.3, -0.25) is 14.6 Å². The molecule has 1 aromatic carbocycles. The molecule has 0 radical (unpaired) electrons. The number of pyridine rings is 2. The molecule has 0 amide bonds. The van der Waals surface area contributed by atoms with E-state index < -0.39 is 5.97 Å². The van der Waals surface area contributed by atoms with Crippen LogP contribution in [0.4, 0.5) is 5.69 Å². The number of fused-ring (bicyclic) bond motifs is 1. The summed E-state index contributed by atoms with van der Waals surface area (Å²) in [6, 6.07) is 10.4. The van der Waals surface area contributed by atoms with Crippen molar-refractivity contribution in [3.05, 3.63) is 77.3 Å². The Labute approximate surface area is 206 Å². The van der Waals surface area contributed by atoms with Gasteiger partial charge in [-0.2, -0.15) is 0 Å². The Morgan fingerprint density at radius 1 is 1.00 bits per heavy atom. The highest BCUT2D eigenvalue weighted by Gasteiger charge is 2.27. The maximum atomic E-state index is 13.5. The number of rotatable bonds is 7. The normalized spacial score (nSPS) is 17.7. The third kappa shape index (κ3) is 4.83. The van der Waals surface area contributed by atoms with Crippen LogP contribution in [-0.2, 0) is 4.79 Å². The van der Waals surface area contributed by atoms with E-state index in [4.69, 9.17) is 16.3 Å². The zero-order valence-electron chi connectivity index (χ0n) is 18.7. The van der Waals surface area contributed by atoms with Crippen molar-refractivity contribution in [1.29, 1.82) is 0 Å². The first-order valence-corrected chi connectivity index (χ1v) is 11.7. The van der Waals surface area contributed by atoms with Gasteiger partial charge in [0.2, 0.25) is 0 Å². The van der Waals surface area contributed by atoms with Gasteiger partial charge in [-0.15, -0.1) is 0 Å². The molecule has 0 aliphatic heterocycles. The molecule has 0 spiro atoms. The van der Waals surface area contributed by atoms with Crippen LogP contribution < -0.4 is 10.1 Å². The van der Waals surface area contributed by atoms with Gasteiger partial charge in [0.05, 0.1) is 21.9 Å². The Hall–Kier alpha value is -3.91. The summed E-state index contributed by atoms with van der Waals surface area (Å²) in [5.41, 5.74) is 2.18. The van der Waals surface area contributed by atoms with Crippen LogP contribution in [0.1, 0.15) is 41.6 Å². The number of aromatic amines is 1. The molecule has 178 valence electrons. The van der Waals surface area contributed by atoms with E-state index in [2.05, 4.69) is 20.3 Å². The highest BCUT2D eigenvalue weighted by atomic mass is 35.5. The Morgan fingerprint density at radius 2 is 1.77 bits per heavy atom. The van der Waals surface area contributed by atoms with Crippen molar-refractivity contribution in [2.45, 2.75) is 31.7 Å². The van der Waals surface area contributed by atoms with Gasteiger partial charge in [0, 0.05) is 48.1 Å². The molecule has 1 fully saturated rings. The predicted octanol–water partition coefficient (Wildman–Crippen LogP) is 5.69. The van der Waals surface area contributed by atoms with Crippen molar-refractivity contribution < 1.29 is 19.4 Å². The monoisotopic (exact) mass is 490 g/mol. The summed E-state index contributed by atoms with van der Waals surface area (Å²) in [6.07, 6.45) is 9.33. The molecule has 1 aliphatic carbocycles. The number of hydrogen-bond donors (Lipinski definition) is 3. The summed E-state index contributed by atoms with van der Waals surface area (Å²) < 4.78 is 5.78. The topological polar surface area (TPSA) is 117 Å². The Bertz CT molecular complexity index is 1380. The maximum absolute atomic E-state index is 13.5. The van der Waals surface area contributed by atoms with E-state index in [0.29, 0.717) is 46.5 Å². The molecule has 0 unspecified atom stereocenters. The molecule has 5 rings (SSSR count). The van der Waals surface area contributed by atoms with Gasteiger partial charge in [-0.05, 0) is 56.0 Å². The van der Waals surface area contributed by atoms with Crippen molar-refractivity contribution in [2.24, 2.45) is 5.92 Å². The SMILES string of the molecule is O=C(c1ccc(Oc2ccncc2)cc1Cl)c1c[nH]c2nccc(N[C@H]3CC[C@@H](C(=O)O)CC3)c12. The average Bonchev–Trinajstić information content (AvgIpc) is 3.30. The van der Waals surface area contributed by atoms with Gasteiger partial charge in [0.1, 0.15) is 17.1 Å². The molecule has 1 saturated carbocycles. The summed E-state index contributed by atoms with van der Waals surface area (Å²) in [6.45, 7) is 0. The van der Waals surface area contributed by atoms with Crippen LogP contribution in [0, 0.1) is 5.92 Å². The van der Waals surface area contributed by atoms with Gasteiger partial charge < -0.3 is 20.1 Å². The smallest absolute Gasteiger partial charge is 0.306 e. The van der Waals surface area contributed by atoms with E-state index in [-0.39, 0.29) is 22.8 Å². The van der Waals surface area contributed by atoms with Crippen molar-refractivity contribution in [3.8, 4) is 11.5 Å². The summed E-state index contributed by atoms with van der Waals surface area (Å²) in [4.78, 5) is 36.2. The number of halogens is 1. The third-order valence-corrected chi connectivity index (χ3v) is 6.64. The minimum Gasteiger partial charge on any atom is -0.481 e. The highest BCUT2D eigenvalue weighted by Crippen LogP contribution is 2.33. The fourth-order valence-electron chi connectivity index (χ4n) is 4.49. The summed E-state index contributed by atoms with van der Waals surface area (Å²) >= 11 is 6.49. The lowest BCUT2D eigenvalue weighted by molar-refractivity contribution is -0.142. The lowest BCUT2D eigenvalue weighted by atomic mass is 9.86. The molecule has 0 atom stereocenters. The molecule has 4 aromatic rings. The largest absolute Gasteiger partial charge is 0.481 e. The van der Waals surface area contributed by atoms with Crippen molar-refractivity contribution in [1.82, 2.24) is 15.0 Å². The van der Waals surface area contributed by atoms with Crippen LogP contribution in [0.2, 0.25) is 5.02 Å². The zero-order valence-corrected chi connectivity index (χ0v) is 19.5. The fourth-order valence-corrected chi connectivity index (χ4v) is 4.75. The lowest BCUT2D eigenvalue weighted by Gasteiger charge is -2.28. The van der Waals surface area contributed by atoms with Crippen molar-refractivity contribution >= 4 is 40.1 Å². The number of carboxylic acids is 1. The first-order valence-electron chi connectivity index (χ1n) is 11.4. The molecule has 8 nitrogen and oxygen atoms in total. The number of nitrogens with one attached hydrogen (secondary N) is 2. The standard InChI is InChI=1S/C26H23ClN4O4/c27-21-13-18(35-17-7-10-28-11-8-17)5-6-19(21)24(32)20-14-30-25-23(20)22(9-12-29-25)31-16-3-1-15(2-4-16)26(33)34/h5-16H,1-4H2,(H,33,34)(H2,29,30,31)/t15-,16+. The molecular formula is C26H23ClN4O4. The van der Waals surface area contributed by atoms with E-state index in [0.717, 1.165) is 18.5 Å². The number of carboxylic acid groups (broad SMARTS) is 1. The van der Waals surface area contributed by atoms with Crippen LogP contribution >= 0.6 is 11.6 Å². The van der Waals surface area contributed by atoms with E-state index in [1.165, 1.54) is 0 Å². The van der Waals surface area contributed by atoms with Gasteiger partial charge in [0.15, 0.2) is 5.78 Å². The number of ketones is 1. The van der Waals surface area contributed by atoms with Crippen LogP contribution in [0.5, 0.6) is 11.5 Å². The van der Waals surface area contributed by atoms with Gasteiger partial charge in [0.25, 0.3) is 0 Å². The number of benzene rings is 1. The molecular weight excluding hydrogens is 468 g/mol. The minimum absolute atomic E-state index is 0.127. The molecule has 9 heteroatoms. The molecule has 3 aromatic heterocycles. The Kier molecular flexibility index (Phi) is 6.37. The van der Waals surface area contributed by atoms with Gasteiger partial charge in [-0.25, -0.2) is 4.98 Å². The van der Waals surface area contributed by atoms with Crippen LogP contribution in [0.3, 0.4) is 0 Å².